The molecular formula is C25H19N7O2. The molecule has 5 rings (SSSR count). The molecule has 0 saturated heterocycles. The Bertz CT molecular complexity index is 1400. The Hall–Kier alpha value is -4.79. The fourth-order valence-electron chi connectivity index (χ4n) is 3.47. The molecule has 1 aliphatic heterocycles. The van der Waals surface area contributed by atoms with Crippen LogP contribution in [0.15, 0.2) is 106 Å². The van der Waals surface area contributed by atoms with Crippen LogP contribution in [0.25, 0.3) is 5.69 Å². The monoisotopic (exact) mass is 449 g/mol. The molecule has 1 amide bonds. The van der Waals surface area contributed by atoms with E-state index in [2.05, 4.69) is 25.5 Å². The number of aromatic nitrogens is 3. The maximum Gasteiger partial charge on any atom is 0.280 e. The van der Waals surface area contributed by atoms with Gasteiger partial charge in [-0.3, -0.25) is 9.59 Å². The molecule has 0 saturated carbocycles. The van der Waals surface area contributed by atoms with Crippen molar-refractivity contribution in [2.45, 2.75) is 13.0 Å². The Morgan fingerprint density at radius 2 is 1.41 bits per heavy atom. The van der Waals surface area contributed by atoms with Gasteiger partial charge in [-0.05, 0) is 31.2 Å². The van der Waals surface area contributed by atoms with Crippen LogP contribution in [0.5, 0.6) is 0 Å². The molecule has 0 radical (unpaired) electrons. The largest absolute Gasteiger partial charge is 0.287 e. The van der Waals surface area contributed by atoms with Crippen LogP contribution in [0.2, 0.25) is 0 Å². The van der Waals surface area contributed by atoms with Gasteiger partial charge >= 0.3 is 0 Å². The number of carbonyl (C=O) groups excluding carboxylic acids is 2. The molecule has 0 fully saturated rings. The number of amides is 1. The Morgan fingerprint density at radius 1 is 0.824 bits per heavy atom. The Kier molecular flexibility index (Phi) is 5.57. The maximum absolute atomic E-state index is 13.2. The molecule has 34 heavy (non-hydrogen) atoms. The van der Waals surface area contributed by atoms with E-state index in [0.717, 1.165) is 0 Å². The lowest BCUT2D eigenvalue weighted by Crippen LogP contribution is -2.29. The smallest absolute Gasteiger partial charge is 0.280 e. The second-order valence-electron chi connectivity index (χ2n) is 7.54. The molecule has 0 spiro atoms. The average Bonchev–Trinajstić information content (AvgIpc) is 3.44. The fraction of sp³-hybridized carbons (Fsp3) is 0.0800. The highest BCUT2D eigenvalue weighted by Crippen LogP contribution is 2.25. The SMILES string of the molecule is CC1=NN(c2ccccc2)C(=O)C1N=Nc1nn(-c2ccccc2)nc1C(=O)c1ccccc1. The third-order valence-corrected chi connectivity index (χ3v) is 5.20. The van der Waals surface area contributed by atoms with Crippen LogP contribution in [-0.2, 0) is 4.79 Å². The van der Waals surface area contributed by atoms with Gasteiger partial charge in [-0.1, -0.05) is 66.7 Å². The minimum atomic E-state index is -0.915. The van der Waals surface area contributed by atoms with E-state index in [1.54, 1.807) is 43.3 Å². The topological polar surface area (TPSA) is 105 Å². The number of carbonyl (C=O) groups is 2. The van der Waals surface area contributed by atoms with Gasteiger partial charge in [0.15, 0.2) is 11.7 Å². The van der Waals surface area contributed by atoms with Gasteiger partial charge in [-0.25, -0.2) is 0 Å². The Balaban J connectivity index is 1.49. The molecular weight excluding hydrogens is 430 g/mol. The lowest BCUT2D eigenvalue weighted by Gasteiger charge is -2.11. The molecule has 9 nitrogen and oxygen atoms in total. The summed E-state index contributed by atoms with van der Waals surface area (Å²) in [7, 11) is 0. The second kappa shape index (κ2) is 8.99. The van der Waals surface area contributed by atoms with Crippen LogP contribution < -0.4 is 5.01 Å². The molecule has 1 unspecified atom stereocenters. The van der Waals surface area contributed by atoms with Crippen LogP contribution in [0.1, 0.15) is 23.0 Å². The molecule has 0 bridgehead atoms. The number of nitrogens with zero attached hydrogens (tertiary/aromatic N) is 7. The molecule has 4 aromatic rings. The van der Waals surface area contributed by atoms with E-state index in [0.29, 0.717) is 22.6 Å². The van der Waals surface area contributed by atoms with Crippen molar-refractivity contribution in [1.82, 2.24) is 15.0 Å². The average molecular weight is 449 g/mol. The molecule has 0 N–H and O–H groups in total. The number of benzene rings is 3. The summed E-state index contributed by atoms with van der Waals surface area (Å²) in [4.78, 5) is 27.4. The molecule has 3 aromatic carbocycles. The zero-order valence-electron chi connectivity index (χ0n) is 18.2. The van der Waals surface area contributed by atoms with Gasteiger partial charge in [0.05, 0.1) is 17.1 Å². The van der Waals surface area contributed by atoms with Crippen molar-refractivity contribution in [1.29, 1.82) is 0 Å². The van der Waals surface area contributed by atoms with Gasteiger partial charge < -0.3 is 0 Å². The van der Waals surface area contributed by atoms with E-state index in [9.17, 15) is 9.59 Å². The van der Waals surface area contributed by atoms with Crippen molar-refractivity contribution in [2.75, 3.05) is 5.01 Å². The Labute approximate surface area is 195 Å². The Morgan fingerprint density at radius 3 is 2.06 bits per heavy atom. The van der Waals surface area contributed by atoms with Crippen molar-refractivity contribution in [3.63, 3.8) is 0 Å². The summed E-state index contributed by atoms with van der Waals surface area (Å²) in [6, 6.07) is 26.1. The van der Waals surface area contributed by atoms with E-state index in [4.69, 9.17) is 0 Å². The first-order valence-corrected chi connectivity index (χ1v) is 10.6. The number of para-hydroxylation sites is 2. The normalized spacial score (nSPS) is 15.7. The van der Waals surface area contributed by atoms with Gasteiger partial charge in [0.1, 0.15) is 0 Å². The number of rotatable bonds is 6. The van der Waals surface area contributed by atoms with E-state index in [1.165, 1.54) is 9.81 Å². The lowest BCUT2D eigenvalue weighted by molar-refractivity contribution is -0.117. The van der Waals surface area contributed by atoms with Crippen LogP contribution >= 0.6 is 0 Å². The molecule has 1 aliphatic rings. The third kappa shape index (κ3) is 4.02. The quantitative estimate of drug-likeness (QED) is 0.322. The number of hydrazone groups is 1. The summed E-state index contributed by atoms with van der Waals surface area (Å²) in [6.07, 6.45) is 0. The zero-order chi connectivity index (χ0) is 23.5. The van der Waals surface area contributed by atoms with Crippen LogP contribution in [0.3, 0.4) is 0 Å². The number of anilines is 1. The molecule has 1 aromatic heterocycles. The first-order chi connectivity index (χ1) is 16.6. The number of ketones is 1. The van der Waals surface area contributed by atoms with Gasteiger partial charge in [0.25, 0.3) is 5.91 Å². The standard InChI is InChI=1S/C25H19N7O2/c1-17-21(25(34)31(28-17)19-13-7-3-8-14-19)26-27-24-22(23(33)18-11-5-2-6-12-18)29-32(30-24)20-15-9-4-10-16-20/h2-16,21H,1H3. The van der Waals surface area contributed by atoms with Crippen molar-refractivity contribution >= 4 is 28.9 Å². The highest BCUT2D eigenvalue weighted by molar-refractivity contribution is 6.18. The minimum absolute atomic E-state index is 0.0245. The summed E-state index contributed by atoms with van der Waals surface area (Å²) in [6.45, 7) is 1.71. The zero-order valence-corrected chi connectivity index (χ0v) is 18.2. The first-order valence-electron chi connectivity index (χ1n) is 10.6. The van der Waals surface area contributed by atoms with Gasteiger partial charge in [0.2, 0.25) is 11.6 Å². The van der Waals surface area contributed by atoms with E-state index in [-0.39, 0.29) is 23.2 Å². The lowest BCUT2D eigenvalue weighted by atomic mass is 10.1. The van der Waals surface area contributed by atoms with E-state index < -0.39 is 6.04 Å². The van der Waals surface area contributed by atoms with E-state index >= 15 is 0 Å². The van der Waals surface area contributed by atoms with Crippen LogP contribution in [0, 0.1) is 0 Å². The third-order valence-electron chi connectivity index (χ3n) is 5.20. The van der Waals surface area contributed by atoms with Gasteiger partial charge in [-0.15, -0.1) is 20.1 Å². The molecule has 1 atom stereocenters. The highest BCUT2D eigenvalue weighted by Gasteiger charge is 2.35. The summed E-state index contributed by atoms with van der Waals surface area (Å²) >= 11 is 0. The van der Waals surface area contributed by atoms with Crippen LogP contribution in [0.4, 0.5) is 11.5 Å². The van der Waals surface area contributed by atoms with Crippen LogP contribution in [-0.4, -0.2) is 38.4 Å². The number of azo groups is 1. The summed E-state index contributed by atoms with van der Waals surface area (Å²) in [5, 5.41) is 22.8. The molecule has 0 aliphatic carbocycles. The number of hydrogen-bond donors (Lipinski definition) is 0. The molecule has 166 valence electrons. The number of hydrogen-bond acceptors (Lipinski definition) is 7. The van der Waals surface area contributed by atoms with Gasteiger partial charge in [-0.2, -0.15) is 15.2 Å². The highest BCUT2D eigenvalue weighted by atomic mass is 16.2. The summed E-state index contributed by atoms with van der Waals surface area (Å²) in [5.74, 6) is -0.652. The fourth-order valence-corrected chi connectivity index (χ4v) is 3.47. The molecule has 2 heterocycles. The minimum Gasteiger partial charge on any atom is -0.287 e. The van der Waals surface area contributed by atoms with Crippen molar-refractivity contribution in [3.05, 3.63) is 102 Å². The van der Waals surface area contributed by atoms with Crippen molar-refractivity contribution in [3.8, 4) is 5.69 Å². The first kappa shape index (κ1) is 21.1. The van der Waals surface area contributed by atoms with Gasteiger partial charge in [0, 0.05) is 5.56 Å². The maximum atomic E-state index is 13.2. The predicted molar refractivity (Wildman–Crippen MR) is 127 cm³/mol. The predicted octanol–water partition coefficient (Wildman–Crippen LogP) is 4.37. The van der Waals surface area contributed by atoms with Crippen molar-refractivity contribution in [2.24, 2.45) is 15.3 Å². The molecule has 9 heteroatoms. The summed E-state index contributed by atoms with van der Waals surface area (Å²) in [5.41, 5.74) is 2.28. The second-order valence-corrected chi connectivity index (χ2v) is 7.54. The van der Waals surface area contributed by atoms with E-state index in [1.807, 2.05) is 54.6 Å². The summed E-state index contributed by atoms with van der Waals surface area (Å²) < 4.78 is 0. The van der Waals surface area contributed by atoms with Crippen molar-refractivity contribution < 1.29 is 9.59 Å².